The molecule has 6 aromatic rings. The molecule has 0 saturated carbocycles. The van der Waals surface area contributed by atoms with Crippen molar-refractivity contribution in [3.05, 3.63) is 120 Å². The number of furan rings is 1. The van der Waals surface area contributed by atoms with Crippen LogP contribution in [-0.4, -0.2) is 33.6 Å². The van der Waals surface area contributed by atoms with Crippen LogP contribution >= 0.6 is 43.5 Å². The lowest BCUT2D eigenvalue weighted by molar-refractivity contribution is 0.0697. The fraction of sp³-hybridized carbons (Fsp3) is 0.0909. The predicted octanol–water partition coefficient (Wildman–Crippen LogP) is 8.55. The van der Waals surface area contributed by atoms with Gasteiger partial charge in [0.15, 0.2) is 17.3 Å². The molecule has 0 aliphatic rings. The zero-order valence-corrected chi connectivity index (χ0v) is 27.4. The van der Waals surface area contributed by atoms with Crippen LogP contribution in [0.1, 0.15) is 28.4 Å². The van der Waals surface area contributed by atoms with Crippen molar-refractivity contribution in [2.24, 2.45) is 5.10 Å². The molecule has 226 valence electrons. The number of para-hydroxylation sites is 1. The number of hydrogen-bond donors (Lipinski definition) is 1. The maximum atomic E-state index is 13.7. The molecular weight excluding hydrogens is 730 g/mol. The standard InChI is InChI=1S/C33H22Br2ClN3O6/c1-2-43-26-15-21(28(35)29(36)30(26)44-17-18-7-9-19(10-8-18)33(41)42)16-37-39-31(38-24-6-4-3-5-23(24)32(39)40)27-14-20-13-22(34)11-12-25(20)45-27/h3-16H,2,17H2,1H3,(H,41,42). The van der Waals surface area contributed by atoms with E-state index in [4.69, 9.17) is 35.6 Å². The van der Waals surface area contributed by atoms with Gasteiger partial charge in [0.2, 0.25) is 5.82 Å². The highest BCUT2D eigenvalue weighted by atomic mass is 79.9. The van der Waals surface area contributed by atoms with Gasteiger partial charge >= 0.3 is 5.97 Å². The predicted molar refractivity (Wildman–Crippen MR) is 180 cm³/mol. The van der Waals surface area contributed by atoms with Crippen molar-refractivity contribution in [3.8, 4) is 23.1 Å². The second kappa shape index (κ2) is 12.9. The van der Waals surface area contributed by atoms with E-state index in [1.54, 1.807) is 36.4 Å². The molecule has 4 aromatic carbocycles. The van der Waals surface area contributed by atoms with E-state index in [-0.39, 0.29) is 28.6 Å². The lowest BCUT2D eigenvalue weighted by Crippen LogP contribution is -2.20. The molecule has 2 aromatic heterocycles. The first-order valence-electron chi connectivity index (χ1n) is 13.6. The van der Waals surface area contributed by atoms with Gasteiger partial charge in [-0.05, 0) is 83.0 Å². The van der Waals surface area contributed by atoms with Crippen LogP contribution in [0, 0.1) is 0 Å². The first-order chi connectivity index (χ1) is 21.7. The van der Waals surface area contributed by atoms with Crippen LogP contribution in [0.15, 0.2) is 102 Å². The van der Waals surface area contributed by atoms with E-state index >= 15 is 0 Å². The molecule has 0 spiro atoms. The topological polar surface area (TPSA) is 116 Å². The van der Waals surface area contributed by atoms with Crippen LogP contribution in [0.3, 0.4) is 0 Å². The van der Waals surface area contributed by atoms with Gasteiger partial charge in [0.1, 0.15) is 17.2 Å². The fourth-order valence-electron chi connectivity index (χ4n) is 4.63. The highest BCUT2D eigenvalue weighted by molar-refractivity contribution is 9.10. The maximum Gasteiger partial charge on any atom is 0.335 e. The minimum atomic E-state index is -1.01. The number of rotatable bonds is 9. The number of aromatic carboxylic acids is 1. The monoisotopic (exact) mass is 749 g/mol. The van der Waals surface area contributed by atoms with E-state index in [2.05, 4.69) is 37.0 Å². The van der Waals surface area contributed by atoms with E-state index in [1.165, 1.54) is 23.0 Å². The molecule has 0 saturated heterocycles. The average Bonchev–Trinajstić information content (AvgIpc) is 3.46. The third-order valence-electron chi connectivity index (χ3n) is 6.80. The second-order valence-corrected chi connectivity index (χ2v) is 11.8. The molecule has 0 aliphatic heterocycles. The summed E-state index contributed by atoms with van der Waals surface area (Å²) >= 11 is 13.8. The molecule has 6 rings (SSSR count). The third-order valence-corrected chi connectivity index (χ3v) is 8.74. The Kier molecular flexibility index (Phi) is 8.75. The van der Waals surface area contributed by atoms with Gasteiger partial charge in [0.05, 0.1) is 29.3 Å². The Morgan fingerprint density at radius 2 is 1.84 bits per heavy atom. The fourth-order valence-corrected chi connectivity index (χ4v) is 5.66. The molecule has 0 atom stereocenters. The molecular formula is C33H22Br2ClN3O6. The molecule has 45 heavy (non-hydrogen) atoms. The Morgan fingerprint density at radius 3 is 2.60 bits per heavy atom. The minimum Gasteiger partial charge on any atom is -0.490 e. The van der Waals surface area contributed by atoms with Gasteiger partial charge in [-0.1, -0.05) is 51.8 Å². The maximum absolute atomic E-state index is 13.7. The van der Waals surface area contributed by atoms with Crippen LogP contribution in [-0.2, 0) is 6.61 Å². The Morgan fingerprint density at radius 1 is 1.07 bits per heavy atom. The molecule has 0 unspecified atom stereocenters. The van der Waals surface area contributed by atoms with Crippen LogP contribution in [0.2, 0.25) is 5.02 Å². The van der Waals surface area contributed by atoms with Gasteiger partial charge in [-0.2, -0.15) is 9.78 Å². The van der Waals surface area contributed by atoms with Crippen molar-refractivity contribution >= 4 is 77.5 Å². The number of carboxylic acid groups (broad SMARTS) is 1. The van der Waals surface area contributed by atoms with E-state index < -0.39 is 5.97 Å². The lowest BCUT2D eigenvalue weighted by atomic mass is 10.1. The summed E-state index contributed by atoms with van der Waals surface area (Å²) in [4.78, 5) is 29.6. The Hall–Kier alpha value is -4.45. The molecule has 0 bridgehead atoms. The smallest absolute Gasteiger partial charge is 0.335 e. The summed E-state index contributed by atoms with van der Waals surface area (Å²) < 4.78 is 20.5. The van der Waals surface area contributed by atoms with E-state index in [0.29, 0.717) is 50.4 Å². The Bertz CT molecular complexity index is 2180. The molecule has 1 N–H and O–H groups in total. The Balaban J connectivity index is 1.40. The summed E-state index contributed by atoms with van der Waals surface area (Å²) in [6, 6.07) is 22.5. The number of fused-ring (bicyclic) bond motifs is 2. The largest absolute Gasteiger partial charge is 0.490 e. The first kappa shape index (κ1) is 30.6. The average molecular weight is 752 g/mol. The Labute approximate surface area is 277 Å². The van der Waals surface area contributed by atoms with Gasteiger partial charge in [0, 0.05) is 19.9 Å². The number of aromatic nitrogens is 2. The van der Waals surface area contributed by atoms with E-state index in [0.717, 1.165) is 15.4 Å². The SMILES string of the molecule is CCOc1cc(C=Nn2c(-c3cc4cc(Br)ccc4o3)nc3ccccc3c2=O)c(Br)c(Cl)c1OCc1ccc(C(=O)O)cc1. The number of benzene rings is 4. The number of carbonyl (C=O) groups is 1. The van der Waals surface area contributed by atoms with E-state index in [1.807, 2.05) is 37.3 Å². The summed E-state index contributed by atoms with van der Waals surface area (Å²) in [7, 11) is 0. The van der Waals surface area contributed by atoms with Gasteiger partial charge in [-0.15, -0.1) is 0 Å². The van der Waals surface area contributed by atoms with Crippen molar-refractivity contribution < 1.29 is 23.8 Å². The molecule has 9 nitrogen and oxygen atoms in total. The van der Waals surface area contributed by atoms with Gasteiger partial charge in [0.25, 0.3) is 5.56 Å². The summed E-state index contributed by atoms with van der Waals surface area (Å²) in [5, 5.41) is 15.2. The molecule has 0 aliphatic carbocycles. The second-order valence-electron chi connectivity index (χ2n) is 9.75. The normalized spacial score (nSPS) is 11.5. The van der Waals surface area contributed by atoms with Crippen molar-refractivity contribution in [2.75, 3.05) is 6.61 Å². The van der Waals surface area contributed by atoms with Crippen LogP contribution in [0.5, 0.6) is 11.5 Å². The molecule has 2 heterocycles. The molecule has 0 fully saturated rings. The number of carboxylic acids is 1. The minimum absolute atomic E-state index is 0.120. The zero-order chi connectivity index (χ0) is 31.7. The van der Waals surface area contributed by atoms with Gasteiger partial charge in [-0.25, -0.2) is 9.78 Å². The van der Waals surface area contributed by atoms with Crippen molar-refractivity contribution in [1.82, 2.24) is 9.66 Å². The summed E-state index contributed by atoms with van der Waals surface area (Å²) in [6.07, 6.45) is 1.48. The van der Waals surface area contributed by atoms with E-state index in [9.17, 15) is 9.59 Å². The van der Waals surface area contributed by atoms with Gasteiger partial charge in [-0.3, -0.25) is 4.79 Å². The number of ether oxygens (including phenoxy) is 2. The van der Waals surface area contributed by atoms with Crippen molar-refractivity contribution in [2.45, 2.75) is 13.5 Å². The third kappa shape index (κ3) is 6.24. The molecule has 12 heteroatoms. The van der Waals surface area contributed by atoms with Crippen LogP contribution < -0.4 is 15.0 Å². The summed E-state index contributed by atoms with van der Waals surface area (Å²) in [6.45, 7) is 2.28. The van der Waals surface area contributed by atoms with Crippen LogP contribution in [0.4, 0.5) is 0 Å². The van der Waals surface area contributed by atoms with Crippen molar-refractivity contribution in [1.29, 1.82) is 0 Å². The summed E-state index contributed by atoms with van der Waals surface area (Å²) in [5.74, 6) is 0.244. The zero-order valence-electron chi connectivity index (χ0n) is 23.5. The lowest BCUT2D eigenvalue weighted by Gasteiger charge is -2.16. The van der Waals surface area contributed by atoms with Crippen LogP contribution in [0.25, 0.3) is 33.5 Å². The molecule has 0 amide bonds. The van der Waals surface area contributed by atoms with Crippen molar-refractivity contribution in [3.63, 3.8) is 0 Å². The quantitative estimate of drug-likeness (QED) is 0.147. The molecule has 0 radical (unpaired) electrons. The number of hydrogen-bond acceptors (Lipinski definition) is 7. The van der Waals surface area contributed by atoms with Gasteiger partial charge < -0.3 is 19.0 Å². The highest BCUT2D eigenvalue weighted by Gasteiger charge is 2.20. The first-order valence-corrected chi connectivity index (χ1v) is 15.6. The highest BCUT2D eigenvalue weighted by Crippen LogP contribution is 2.43. The summed E-state index contributed by atoms with van der Waals surface area (Å²) in [5.41, 5.74) is 2.20. The number of halogens is 3. The number of nitrogens with zero attached hydrogens (tertiary/aromatic N) is 3.